The van der Waals surface area contributed by atoms with Crippen LogP contribution in [0.3, 0.4) is 0 Å². The van der Waals surface area contributed by atoms with E-state index in [-0.39, 0.29) is 11.3 Å². The van der Waals surface area contributed by atoms with Crippen molar-refractivity contribution in [3.63, 3.8) is 0 Å². The predicted molar refractivity (Wildman–Crippen MR) is 97.7 cm³/mol. The molecule has 1 amide bonds. The smallest absolute Gasteiger partial charge is 0.264 e. The van der Waals surface area contributed by atoms with Crippen molar-refractivity contribution in [3.8, 4) is 5.75 Å². The van der Waals surface area contributed by atoms with Crippen LogP contribution < -0.4 is 4.90 Å². The number of ketones is 1. The van der Waals surface area contributed by atoms with Gasteiger partial charge in [-0.15, -0.1) is 0 Å². The maximum atomic E-state index is 12.9. The molecule has 3 rings (SSSR count). The maximum absolute atomic E-state index is 12.9. The molecule has 2 N–H and O–H groups in total. The molecule has 0 fully saturated rings. The quantitative estimate of drug-likeness (QED) is 0.750. The third kappa shape index (κ3) is 2.96. The van der Waals surface area contributed by atoms with E-state index in [1.807, 2.05) is 6.92 Å². The van der Waals surface area contributed by atoms with Crippen LogP contribution in [0, 0.1) is 0 Å². The van der Waals surface area contributed by atoms with Crippen molar-refractivity contribution in [2.24, 2.45) is 0 Å². The number of anilines is 1. The lowest BCUT2D eigenvalue weighted by molar-refractivity contribution is -0.135. The van der Waals surface area contributed by atoms with Gasteiger partial charge in [-0.2, -0.15) is 0 Å². The van der Waals surface area contributed by atoms with E-state index < -0.39 is 23.7 Å². The molecule has 0 bridgehead atoms. The number of carbonyl (C=O) groups excluding carboxylic acids is 2. The number of fused-ring (bicyclic) bond motifs is 1. The molecule has 5 nitrogen and oxygen atoms in total. The van der Waals surface area contributed by atoms with Gasteiger partial charge in [-0.3, -0.25) is 9.59 Å². The molecule has 130 valence electrons. The lowest BCUT2D eigenvalue weighted by atomic mass is 9.88. The van der Waals surface area contributed by atoms with E-state index >= 15 is 0 Å². The topological polar surface area (TPSA) is 77.8 Å². The molecule has 1 heterocycles. The highest BCUT2D eigenvalue weighted by atomic mass is 79.9. The van der Waals surface area contributed by atoms with Gasteiger partial charge in [0.1, 0.15) is 5.75 Å². The number of benzene rings is 2. The summed E-state index contributed by atoms with van der Waals surface area (Å²) < 4.78 is 0.714. The van der Waals surface area contributed by atoms with Gasteiger partial charge in [-0.1, -0.05) is 35.0 Å². The molecular formula is C19H18BrNO4. The number of hydrogen-bond acceptors (Lipinski definition) is 4. The number of hydrogen-bond donors (Lipinski definition) is 2. The first kappa shape index (κ1) is 17.6. The normalized spacial score (nSPS) is 19.2. The SMILES string of the molecule is CCCN1C(=O)[C@@](O)(CC(=O)c2ccccc2O)c2cc(Br)ccc21. The second-order valence-corrected chi connectivity index (χ2v) is 7.01. The molecule has 6 heteroatoms. The Morgan fingerprint density at radius 2 is 1.96 bits per heavy atom. The molecule has 1 aliphatic heterocycles. The van der Waals surface area contributed by atoms with Crippen LogP contribution in [-0.2, 0) is 10.4 Å². The zero-order valence-corrected chi connectivity index (χ0v) is 15.3. The number of nitrogens with zero attached hydrogens (tertiary/aromatic N) is 1. The van der Waals surface area contributed by atoms with Gasteiger partial charge in [0, 0.05) is 16.6 Å². The van der Waals surface area contributed by atoms with E-state index in [1.54, 1.807) is 30.3 Å². The fourth-order valence-corrected chi connectivity index (χ4v) is 3.54. The average molecular weight is 404 g/mol. The lowest BCUT2D eigenvalue weighted by Crippen LogP contribution is -2.42. The molecule has 1 aliphatic rings. The summed E-state index contributed by atoms with van der Waals surface area (Å²) in [5.74, 6) is -1.16. The Morgan fingerprint density at radius 3 is 2.64 bits per heavy atom. The van der Waals surface area contributed by atoms with Gasteiger partial charge in [-0.25, -0.2) is 0 Å². The third-order valence-electron chi connectivity index (χ3n) is 4.36. The highest BCUT2D eigenvalue weighted by Gasteiger charge is 2.50. The summed E-state index contributed by atoms with van der Waals surface area (Å²) in [4.78, 5) is 27.0. The number of phenols is 1. The molecule has 2 aromatic rings. The summed E-state index contributed by atoms with van der Waals surface area (Å²) in [6.07, 6.45) is 0.303. The van der Waals surface area contributed by atoms with E-state index in [0.717, 1.165) is 6.42 Å². The highest BCUT2D eigenvalue weighted by Crippen LogP contribution is 2.44. The summed E-state index contributed by atoms with van der Waals surface area (Å²) >= 11 is 3.35. The minimum absolute atomic E-state index is 0.0919. The third-order valence-corrected chi connectivity index (χ3v) is 4.86. The molecule has 0 aliphatic carbocycles. The molecule has 0 radical (unpaired) electrons. The molecule has 0 saturated heterocycles. The fraction of sp³-hybridized carbons (Fsp3) is 0.263. The van der Waals surface area contributed by atoms with Crippen LogP contribution in [-0.4, -0.2) is 28.4 Å². The number of rotatable bonds is 5. The first-order valence-corrected chi connectivity index (χ1v) is 8.83. The number of aliphatic hydroxyl groups is 1. The van der Waals surface area contributed by atoms with E-state index in [0.29, 0.717) is 22.3 Å². The summed E-state index contributed by atoms with van der Waals surface area (Å²) in [5.41, 5.74) is -0.825. The Balaban J connectivity index is 2.03. The second kappa shape index (κ2) is 6.61. The number of phenolic OH excluding ortho intramolecular Hbond substituents is 1. The van der Waals surface area contributed by atoms with Crippen LogP contribution in [0.4, 0.5) is 5.69 Å². The second-order valence-electron chi connectivity index (χ2n) is 6.10. The zero-order chi connectivity index (χ0) is 18.2. The predicted octanol–water partition coefficient (Wildman–Crippen LogP) is 3.37. The average Bonchev–Trinajstić information content (AvgIpc) is 2.77. The largest absolute Gasteiger partial charge is 0.507 e. The lowest BCUT2D eigenvalue weighted by Gasteiger charge is -2.22. The van der Waals surface area contributed by atoms with Crippen molar-refractivity contribution >= 4 is 33.3 Å². The van der Waals surface area contributed by atoms with Gasteiger partial charge in [-0.05, 0) is 36.8 Å². The zero-order valence-electron chi connectivity index (χ0n) is 13.7. The Morgan fingerprint density at radius 1 is 1.24 bits per heavy atom. The van der Waals surface area contributed by atoms with Gasteiger partial charge in [0.25, 0.3) is 5.91 Å². The van der Waals surface area contributed by atoms with E-state index in [1.165, 1.54) is 17.0 Å². The van der Waals surface area contributed by atoms with Gasteiger partial charge in [0.05, 0.1) is 17.7 Å². The maximum Gasteiger partial charge on any atom is 0.264 e. The number of halogens is 1. The van der Waals surface area contributed by atoms with Crippen LogP contribution in [0.5, 0.6) is 5.75 Å². The number of aromatic hydroxyl groups is 1. The van der Waals surface area contributed by atoms with Crippen molar-refractivity contribution in [2.45, 2.75) is 25.4 Å². The van der Waals surface area contributed by atoms with Crippen LogP contribution in [0.1, 0.15) is 35.7 Å². The van der Waals surface area contributed by atoms with Gasteiger partial charge >= 0.3 is 0 Å². The van der Waals surface area contributed by atoms with Crippen molar-refractivity contribution in [1.82, 2.24) is 0 Å². The first-order valence-electron chi connectivity index (χ1n) is 8.04. The summed E-state index contributed by atoms with van der Waals surface area (Å²) in [6.45, 7) is 2.40. The van der Waals surface area contributed by atoms with Crippen molar-refractivity contribution in [2.75, 3.05) is 11.4 Å². The monoisotopic (exact) mass is 403 g/mol. The van der Waals surface area contributed by atoms with Gasteiger partial charge in [0.15, 0.2) is 11.4 Å². The Hall–Kier alpha value is -2.18. The minimum Gasteiger partial charge on any atom is -0.507 e. The molecule has 0 aromatic heterocycles. The molecule has 0 spiro atoms. The molecule has 0 saturated carbocycles. The summed E-state index contributed by atoms with van der Waals surface area (Å²) in [5, 5.41) is 21.0. The molecule has 2 aromatic carbocycles. The van der Waals surface area contributed by atoms with Crippen molar-refractivity contribution in [1.29, 1.82) is 0 Å². The molecule has 1 atom stereocenters. The Labute approximate surface area is 154 Å². The standard InChI is InChI=1S/C19H18BrNO4/c1-2-9-21-15-8-7-12(20)10-14(15)19(25,18(21)24)11-17(23)13-5-3-4-6-16(13)22/h3-8,10,22,25H,2,9,11H2,1H3/t19-/m1/s1. The fourth-order valence-electron chi connectivity index (χ4n) is 3.18. The molecular weight excluding hydrogens is 386 g/mol. The minimum atomic E-state index is -1.94. The number of amides is 1. The van der Waals surface area contributed by atoms with E-state index in [4.69, 9.17) is 0 Å². The van der Waals surface area contributed by atoms with Crippen LogP contribution in [0.25, 0.3) is 0 Å². The summed E-state index contributed by atoms with van der Waals surface area (Å²) in [6, 6.07) is 11.3. The Bertz CT molecular complexity index is 851. The number of carbonyl (C=O) groups is 2. The van der Waals surface area contributed by atoms with E-state index in [9.17, 15) is 19.8 Å². The van der Waals surface area contributed by atoms with Crippen LogP contribution >= 0.6 is 15.9 Å². The van der Waals surface area contributed by atoms with E-state index in [2.05, 4.69) is 15.9 Å². The first-order chi connectivity index (χ1) is 11.9. The highest BCUT2D eigenvalue weighted by molar-refractivity contribution is 9.10. The van der Waals surface area contributed by atoms with Crippen LogP contribution in [0.2, 0.25) is 0 Å². The summed E-state index contributed by atoms with van der Waals surface area (Å²) in [7, 11) is 0. The molecule has 0 unspecified atom stereocenters. The van der Waals surface area contributed by atoms with Gasteiger partial charge in [0.2, 0.25) is 0 Å². The van der Waals surface area contributed by atoms with Crippen molar-refractivity contribution in [3.05, 3.63) is 58.1 Å². The molecule has 25 heavy (non-hydrogen) atoms. The van der Waals surface area contributed by atoms with Gasteiger partial charge < -0.3 is 15.1 Å². The van der Waals surface area contributed by atoms with Crippen molar-refractivity contribution < 1.29 is 19.8 Å². The number of Topliss-reactive ketones (excluding diaryl/α,β-unsaturated/α-hetero) is 1. The Kier molecular flexibility index (Phi) is 4.67. The van der Waals surface area contributed by atoms with Crippen LogP contribution in [0.15, 0.2) is 46.9 Å². The number of para-hydroxylation sites is 1.